The first kappa shape index (κ1) is 8.66. The summed E-state index contributed by atoms with van der Waals surface area (Å²) in [7, 11) is 0. The Morgan fingerprint density at radius 2 is 1.93 bits per heavy atom. The van der Waals surface area contributed by atoms with E-state index >= 15 is 0 Å². The molecule has 0 atom stereocenters. The standard InChI is InChI=1S/C13H9NS/c1-2-6-10-12(8-3-1)15-13-9-5-4-7-11(13)14-10/h2-9,14H. The summed E-state index contributed by atoms with van der Waals surface area (Å²) in [5, 5.41) is 3.42. The van der Waals surface area contributed by atoms with Gasteiger partial charge in [-0.3, -0.25) is 0 Å². The third kappa shape index (κ3) is 1.54. The molecule has 0 spiro atoms. The molecule has 15 heavy (non-hydrogen) atoms. The zero-order valence-electron chi connectivity index (χ0n) is 8.03. The monoisotopic (exact) mass is 211 g/mol. The Morgan fingerprint density at radius 1 is 1.07 bits per heavy atom. The van der Waals surface area contributed by atoms with Crippen molar-refractivity contribution in [3.05, 3.63) is 64.9 Å². The number of para-hydroxylation sites is 1. The molecule has 0 bridgehead atoms. The van der Waals surface area contributed by atoms with E-state index in [1.807, 2.05) is 18.2 Å². The summed E-state index contributed by atoms with van der Waals surface area (Å²) in [5.41, 5.74) is 5.41. The molecule has 0 radical (unpaired) electrons. The van der Waals surface area contributed by atoms with Gasteiger partial charge in [-0.15, -0.1) is 5.73 Å². The van der Waals surface area contributed by atoms with E-state index in [9.17, 15) is 0 Å². The Kier molecular flexibility index (Phi) is 2.02. The van der Waals surface area contributed by atoms with Crippen LogP contribution in [0.25, 0.3) is 0 Å². The van der Waals surface area contributed by atoms with Gasteiger partial charge in [0.15, 0.2) is 0 Å². The molecule has 1 N–H and O–H groups in total. The third-order valence-electron chi connectivity index (χ3n) is 2.32. The van der Waals surface area contributed by atoms with Gasteiger partial charge in [0, 0.05) is 9.80 Å². The summed E-state index contributed by atoms with van der Waals surface area (Å²) in [6, 6.07) is 8.34. The van der Waals surface area contributed by atoms with Crippen LogP contribution in [-0.4, -0.2) is 0 Å². The maximum Gasteiger partial charge on any atom is 0.0532 e. The lowest BCUT2D eigenvalue weighted by Crippen LogP contribution is -2.06. The average molecular weight is 211 g/mol. The van der Waals surface area contributed by atoms with Crippen molar-refractivity contribution in [2.24, 2.45) is 0 Å². The van der Waals surface area contributed by atoms with Gasteiger partial charge in [0.05, 0.1) is 11.4 Å². The van der Waals surface area contributed by atoms with E-state index in [1.54, 1.807) is 11.8 Å². The van der Waals surface area contributed by atoms with E-state index in [1.165, 1.54) is 15.5 Å². The molecule has 1 nitrogen and oxygen atoms in total. The second-order valence-electron chi connectivity index (χ2n) is 3.33. The highest BCUT2D eigenvalue weighted by Gasteiger charge is 2.16. The third-order valence-corrected chi connectivity index (χ3v) is 3.47. The van der Waals surface area contributed by atoms with E-state index in [-0.39, 0.29) is 0 Å². The first-order valence-electron chi connectivity index (χ1n) is 4.81. The van der Waals surface area contributed by atoms with Crippen molar-refractivity contribution in [1.82, 2.24) is 0 Å². The fourth-order valence-electron chi connectivity index (χ4n) is 1.60. The molecule has 0 aromatic heterocycles. The number of thioether (sulfide) groups is 1. The highest BCUT2D eigenvalue weighted by atomic mass is 32.2. The second kappa shape index (κ2) is 3.50. The van der Waals surface area contributed by atoms with Gasteiger partial charge in [0.2, 0.25) is 0 Å². The van der Waals surface area contributed by atoms with Crippen LogP contribution in [0.1, 0.15) is 0 Å². The van der Waals surface area contributed by atoms with Crippen molar-refractivity contribution in [2.45, 2.75) is 4.90 Å². The number of anilines is 1. The molecule has 1 heterocycles. The molecule has 3 rings (SSSR count). The summed E-state index contributed by atoms with van der Waals surface area (Å²) in [6.45, 7) is 0. The van der Waals surface area contributed by atoms with Crippen LogP contribution in [0, 0.1) is 0 Å². The SMILES string of the molecule is C1=CC=C2Nc3ccccc3SC2=CC=1. The predicted molar refractivity (Wildman–Crippen MR) is 64.7 cm³/mol. The number of allylic oxidation sites excluding steroid dienone is 3. The van der Waals surface area contributed by atoms with Crippen molar-refractivity contribution < 1.29 is 0 Å². The van der Waals surface area contributed by atoms with Gasteiger partial charge in [-0.2, -0.15) is 0 Å². The largest absolute Gasteiger partial charge is 0.354 e. The summed E-state index contributed by atoms with van der Waals surface area (Å²) >= 11 is 1.79. The smallest absolute Gasteiger partial charge is 0.0532 e. The Balaban J connectivity index is 2.11. The highest BCUT2D eigenvalue weighted by Crippen LogP contribution is 2.42. The van der Waals surface area contributed by atoms with Gasteiger partial charge < -0.3 is 5.32 Å². The Bertz CT molecular complexity index is 486. The van der Waals surface area contributed by atoms with E-state index in [0.29, 0.717) is 0 Å². The van der Waals surface area contributed by atoms with Crippen molar-refractivity contribution in [1.29, 1.82) is 0 Å². The molecule has 1 aromatic rings. The zero-order valence-corrected chi connectivity index (χ0v) is 8.84. The van der Waals surface area contributed by atoms with Gasteiger partial charge in [-0.1, -0.05) is 23.9 Å². The number of benzene rings is 1. The predicted octanol–water partition coefficient (Wildman–Crippen LogP) is 3.70. The van der Waals surface area contributed by atoms with Crippen molar-refractivity contribution in [3.63, 3.8) is 0 Å². The molecule has 72 valence electrons. The quantitative estimate of drug-likeness (QED) is 0.657. The lowest BCUT2D eigenvalue weighted by atomic mass is 10.2. The first-order valence-corrected chi connectivity index (χ1v) is 5.62. The molecule has 1 aromatic carbocycles. The van der Waals surface area contributed by atoms with Gasteiger partial charge in [0.1, 0.15) is 0 Å². The number of rotatable bonds is 0. The van der Waals surface area contributed by atoms with Gasteiger partial charge in [-0.25, -0.2) is 0 Å². The average Bonchev–Trinajstić information content (AvgIpc) is 2.50. The second-order valence-corrected chi connectivity index (χ2v) is 4.42. The Hall–Kier alpha value is -1.63. The van der Waals surface area contributed by atoms with Crippen LogP contribution in [0.3, 0.4) is 0 Å². The Morgan fingerprint density at radius 3 is 2.93 bits per heavy atom. The summed E-state index contributed by atoms with van der Waals surface area (Å²) in [6.07, 6.45) is 8.02. The maximum absolute atomic E-state index is 3.42. The van der Waals surface area contributed by atoms with E-state index in [4.69, 9.17) is 0 Å². The minimum atomic E-state index is 1.15. The molecular formula is C13H9NS. The Labute approximate surface area is 92.9 Å². The lowest BCUT2D eigenvalue weighted by molar-refractivity contribution is 1.34. The molecule has 0 amide bonds. The van der Waals surface area contributed by atoms with Crippen molar-refractivity contribution in [3.8, 4) is 0 Å². The molecule has 0 unspecified atom stereocenters. The number of hydrogen-bond acceptors (Lipinski definition) is 2. The number of nitrogens with one attached hydrogen (secondary N) is 1. The molecular weight excluding hydrogens is 202 g/mol. The van der Waals surface area contributed by atoms with Crippen LogP contribution in [0.15, 0.2) is 69.8 Å². The minimum Gasteiger partial charge on any atom is -0.354 e. The normalized spacial score (nSPS) is 16.8. The summed E-state index contributed by atoms with van der Waals surface area (Å²) < 4.78 is 0. The van der Waals surface area contributed by atoms with Gasteiger partial charge >= 0.3 is 0 Å². The van der Waals surface area contributed by atoms with Crippen LogP contribution in [-0.2, 0) is 0 Å². The first-order chi connectivity index (χ1) is 7.43. The maximum atomic E-state index is 3.42. The summed E-state index contributed by atoms with van der Waals surface area (Å²) in [4.78, 5) is 2.52. The van der Waals surface area contributed by atoms with Gasteiger partial charge in [-0.05, 0) is 36.4 Å². The van der Waals surface area contributed by atoms with Crippen LogP contribution in [0.4, 0.5) is 5.69 Å². The van der Waals surface area contributed by atoms with Gasteiger partial charge in [0.25, 0.3) is 0 Å². The molecule has 2 aliphatic rings. The van der Waals surface area contributed by atoms with Crippen LogP contribution in [0.2, 0.25) is 0 Å². The van der Waals surface area contributed by atoms with Crippen LogP contribution in [0.5, 0.6) is 0 Å². The molecule has 1 aliphatic carbocycles. The topological polar surface area (TPSA) is 12.0 Å². The molecule has 0 saturated heterocycles. The number of fused-ring (bicyclic) bond motifs is 2. The number of hydrogen-bond donors (Lipinski definition) is 1. The lowest BCUT2D eigenvalue weighted by Gasteiger charge is -2.22. The van der Waals surface area contributed by atoms with E-state index in [0.717, 1.165) is 5.70 Å². The van der Waals surface area contributed by atoms with Crippen molar-refractivity contribution in [2.75, 3.05) is 5.32 Å². The fourth-order valence-corrected chi connectivity index (χ4v) is 2.58. The minimum absolute atomic E-state index is 1.15. The molecule has 0 saturated carbocycles. The van der Waals surface area contributed by atoms with Crippen molar-refractivity contribution >= 4 is 17.4 Å². The highest BCUT2D eigenvalue weighted by molar-refractivity contribution is 8.03. The summed E-state index contributed by atoms with van der Waals surface area (Å²) in [5.74, 6) is 0. The van der Waals surface area contributed by atoms with Crippen LogP contribution < -0.4 is 5.32 Å². The molecule has 0 fully saturated rings. The van der Waals surface area contributed by atoms with E-state index in [2.05, 4.69) is 41.4 Å². The van der Waals surface area contributed by atoms with E-state index < -0.39 is 0 Å². The van der Waals surface area contributed by atoms with Crippen LogP contribution >= 0.6 is 11.8 Å². The molecule has 1 aliphatic heterocycles. The fraction of sp³-hybridized carbons (Fsp3) is 0. The molecule has 2 heteroatoms. The zero-order chi connectivity index (χ0) is 10.1.